The summed E-state index contributed by atoms with van der Waals surface area (Å²) >= 11 is 6.16. The lowest BCUT2D eigenvalue weighted by Crippen LogP contribution is -2.24. The van der Waals surface area contributed by atoms with Crippen LogP contribution in [0.15, 0.2) is 65.5 Å². The number of hydrogen-bond donors (Lipinski definition) is 1. The Hall–Kier alpha value is -3.35. The quantitative estimate of drug-likeness (QED) is 0.440. The van der Waals surface area contributed by atoms with Gasteiger partial charge in [-0.1, -0.05) is 29.8 Å². The third-order valence-electron chi connectivity index (χ3n) is 5.36. The number of rotatable bonds is 7. The molecule has 4 aromatic rings. The molecular formula is C25H24ClN3O3. The number of halogens is 1. The van der Waals surface area contributed by atoms with Crippen LogP contribution in [0.2, 0.25) is 5.02 Å². The van der Waals surface area contributed by atoms with Gasteiger partial charge in [-0.3, -0.25) is 9.36 Å². The van der Waals surface area contributed by atoms with E-state index in [-0.39, 0.29) is 5.56 Å². The maximum Gasteiger partial charge on any atom is 0.261 e. The summed E-state index contributed by atoms with van der Waals surface area (Å²) in [7, 11) is 3.26. The number of methoxy groups -OCH3 is 2. The molecule has 0 spiro atoms. The van der Waals surface area contributed by atoms with E-state index in [1.807, 2.05) is 42.5 Å². The van der Waals surface area contributed by atoms with E-state index >= 15 is 0 Å². The molecule has 7 heteroatoms. The molecule has 0 aliphatic rings. The lowest BCUT2D eigenvalue weighted by atomic mass is 10.0. The molecule has 0 radical (unpaired) electrons. The average molecular weight is 450 g/mol. The molecule has 6 nitrogen and oxygen atoms in total. The van der Waals surface area contributed by atoms with Crippen LogP contribution in [-0.4, -0.2) is 30.3 Å². The fourth-order valence-corrected chi connectivity index (χ4v) is 3.88. The van der Waals surface area contributed by atoms with Gasteiger partial charge in [0.05, 0.1) is 25.1 Å². The second-order valence-electron chi connectivity index (χ2n) is 7.34. The van der Waals surface area contributed by atoms with Crippen molar-refractivity contribution in [2.24, 2.45) is 5.73 Å². The topological polar surface area (TPSA) is 79.4 Å². The molecule has 0 saturated heterocycles. The van der Waals surface area contributed by atoms with E-state index in [0.29, 0.717) is 47.0 Å². The first kappa shape index (κ1) is 21.9. The van der Waals surface area contributed by atoms with E-state index in [4.69, 9.17) is 31.8 Å². The molecule has 1 aromatic heterocycles. The molecule has 0 aliphatic carbocycles. The summed E-state index contributed by atoms with van der Waals surface area (Å²) in [4.78, 5) is 18.0. The molecular weight excluding hydrogens is 426 g/mol. The summed E-state index contributed by atoms with van der Waals surface area (Å²) in [6.45, 7) is 0.947. The molecule has 0 unspecified atom stereocenters. The number of benzene rings is 3. The highest BCUT2D eigenvalue weighted by Crippen LogP contribution is 2.34. The lowest BCUT2D eigenvalue weighted by molar-refractivity contribution is 0.414. The minimum Gasteiger partial charge on any atom is -0.497 e. The largest absolute Gasteiger partial charge is 0.497 e. The van der Waals surface area contributed by atoms with Gasteiger partial charge in [0.25, 0.3) is 5.56 Å². The summed E-state index contributed by atoms with van der Waals surface area (Å²) < 4.78 is 12.6. The predicted octanol–water partition coefficient (Wildman–Crippen LogP) is 4.75. The summed E-state index contributed by atoms with van der Waals surface area (Å²) in [6.07, 6.45) is 0.661. The highest BCUT2D eigenvalue weighted by atomic mass is 35.5. The Labute approximate surface area is 191 Å². The van der Waals surface area contributed by atoms with Crippen molar-refractivity contribution in [2.75, 3.05) is 20.8 Å². The maximum atomic E-state index is 13.2. The van der Waals surface area contributed by atoms with Crippen molar-refractivity contribution in [1.29, 1.82) is 0 Å². The number of ether oxygens (including phenoxy) is 2. The minimum atomic E-state index is -0.117. The van der Waals surface area contributed by atoms with Gasteiger partial charge in [0.15, 0.2) is 0 Å². The van der Waals surface area contributed by atoms with E-state index in [2.05, 4.69) is 0 Å². The molecule has 32 heavy (non-hydrogen) atoms. The van der Waals surface area contributed by atoms with Gasteiger partial charge in [0.1, 0.15) is 17.3 Å². The number of nitrogens with zero attached hydrogens (tertiary/aromatic N) is 2. The van der Waals surface area contributed by atoms with E-state index < -0.39 is 0 Å². The summed E-state index contributed by atoms with van der Waals surface area (Å²) in [5, 5.41) is 1.06. The van der Waals surface area contributed by atoms with Crippen molar-refractivity contribution in [1.82, 2.24) is 9.55 Å². The monoisotopic (exact) mass is 449 g/mol. The van der Waals surface area contributed by atoms with Crippen LogP contribution in [0.5, 0.6) is 11.5 Å². The van der Waals surface area contributed by atoms with Crippen LogP contribution in [0.25, 0.3) is 33.4 Å². The standard InChI is InChI=1S/C25H24ClN3O3/c1-31-19-8-4-16(5-9-19)20-10-6-17(14-23(20)32-2)24-28-22-15-18(26)7-11-21(22)25(30)29(24)13-3-12-27/h4-11,14-15H,3,12-13,27H2,1-2H3. The summed E-state index contributed by atoms with van der Waals surface area (Å²) in [5.41, 5.74) is 8.85. The van der Waals surface area contributed by atoms with Crippen LogP contribution in [0, 0.1) is 0 Å². The van der Waals surface area contributed by atoms with Crippen LogP contribution in [0.1, 0.15) is 6.42 Å². The Bertz CT molecular complexity index is 1320. The van der Waals surface area contributed by atoms with Crippen LogP contribution < -0.4 is 20.8 Å². The molecule has 0 atom stereocenters. The molecule has 0 fully saturated rings. The molecule has 3 aromatic carbocycles. The second kappa shape index (κ2) is 9.42. The number of nitrogens with two attached hydrogens (primary N) is 1. The fraction of sp³-hybridized carbons (Fsp3) is 0.200. The first-order valence-electron chi connectivity index (χ1n) is 10.3. The number of hydrogen-bond acceptors (Lipinski definition) is 5. The third kappa shape index (κ3) is 4.20. The normalized spacial score (nSPS) is 11.0. The first-order chi connectivity index (χ1) is 15.5. The van der Waals surface area contributed by atoms with Gasteiger partial charge >= 0.3 is 0 Å². The number of aromatic nitrogens is 2. The van der Waals surface area contributed by atoms with Gasteiger partial charge in [-0.15, -0.1) is 0 Å². The SMILES string of the molecule is COc1ccc(-c2ccc(-c3nc4cc(Cl)ccc4c(=O)n3CCCN)cc2OC)cc1. The van der Waals surface area contributed by atoms with Crippen LogP contribution in [0.4, 0.5) is 0 Å². The zero-order valence-electron chi connectivity index (χ0n) is 18.0. The molecule has 2 N–H and O–H groups in total. The van der Waals surface area contributed by atoms with Gasteiger partial charge in [0, 0.05) is 22.7 Å². The molecule has 0 aliphatic heterocycles. The van der Waals surface area contributed by atoms with Gasteiger partial charge in [-0.25, -0.2) is 4.98 Å². The van der Waals surface area contributed by atoms with E-state index in [1.165, 1.54) is 0 Å². The maximum absolute atomic E-state index is 13.2. The average Bonchev–Trinajstić information content (AvgIpc) is 2.83. The Balaban J connectivity index is 1.88. The predicted molar refractivity (Wildman–Crippen MR) is 129 cm³/mol. The zero-order chi connectivity index (χ0) is 22.7. The van der Waals surface area contributed by atoms with E-state index in [0.717, 1.165) is 22.4 Å². The van der Waals surface area contributed by atoms with Crippen molar-refractivity contribution in [3.63, 3.8) is 0 Å². The Morgan fingerprint density at radius 3 is 2.41 bits per heavy atom. The van der Waals surface area contributed by atoms with Crippen molar-refractivity contribution < 1.29 is 9.47 Å². The van der Waals surface area contributed by atoms with Gasteiger partial charge in [-0.05, 0) is 61.0 Å². The smallest absolute Gasteiger partial charge is 0.261 e. The van der Waals surface area contributed by atoms with Crippen LogP contribution in [0.3, 0.4) is 0 Å². The molecule has 164 valence electrons. The summed E-state index contributed by atoms with van der Waals surface area (Å²) in [5.74, 6) is 2.02. The van der Waals surface area contributed by atoms with Gasteiger partial charge in [-0.2, -0.15) is 0 Å². The first-order valence-corrected chi connectivity index (χ1v) is 10.7. The van der Waals surface area contributed by atoms with Crippen molar-refractivity contribution in [3.8, 4) is 34.0 Å². The van der Waals surface area contributed by atoms with Crippen molar-refractivity contribution >= 4 is 22.5 Å². The molecule has 1 heterocycles. The number of fused-ring (bicyclic) bond motifs is 1. The Kier molecular flexibility index (Phi) is 6.44. The van der Waals surface area contributed by atoms with Crippen molar-refractivity contribution in [2.45, 2.75) is 13.0 Å². The Morgan fingerprint density at radius 1 is 0.969 bits per heavy atom. The highest BCUT2D eigenvalue weighted by molar-refractivity contribution is 6.31. The van der Waals surface area contributed by atoms with Gasteiger partial charge in [0.2, 0.25) is 0 Å². The summed E-state index contributed by atoms with van der Waals surface area (Å²) in [6, 6.07) is 18.7. The van der Waals surface area contributed by atoms with Crippen molar-refractivity contribution in [3.05, 3.63) is 76.0 Å². The Morgan fingerprint density at radius 2 is 1.72 bits per heavy atom. The van der Waals surface area contributed by atoms with Crippen LogP contribution >= 0.6 is 11.6 Å². The van der Waals surface area contributed by atoms with E-state index in [1.54, 1.807) is 37.0 Å². The fourth-order valence-electron chi connectivity index (χ4n) is 3.71. The molecule has 0 bridgehead atoms. The highest BCUT2D eigenvalue weighted by Gasteiger charge is 2.16. The van der Waals surface area contributed by atoms with E-state index in [9.17, 15) is 4.79 Å². The zero-order valence-corrected chi connectivity index (χ0v) is 18.7. The van der Waals surface area contributed by atoms with Crippen LogP contribution in [-0.2, 0) is 6.54 Å². The second-order valence-corrected chi connectivity index (χ2v) is 7.78. The molecule has 0 amide bonds. The third-order valence-corrected chi connectivity index (χ3v) is 5.60. The van der Waals surface area contributed by atoms with Gasteiger partial charge < -0.3 is 15.2 Å². The minimum absolute atomic E-state index is 0.117. The molecule has 4 rings (SSSR count). The molecule has 0 saturated carbocycles. The lowest BCUT2D eigenvalue weighted by Gasteiger charge is -2.16.